The first-order valence-corrected chi connectivity index (χ1v) is 16.2. The van der Waals surface area contributed by atoms with Crippen LogP contribution >= 0.6 is 0 Å². The van der Waals surface area contributed by atoms with E-state index in [4.69, 9.17) is 0 Å². The maximum absolute atomic E-state index is 11.8. The van der Waals surface area contributed by atoms with E-state index in [9.17, 15) is 10.5 Å². The van der Waals surface area contributed by atoms with Gasteiger partial charge in [0, 0.05) is 0 Å². The Bertz CT molecular complexity index is 578. The summed E-state index contributed by atoms with van der Waals surface area (Å²) in [5.74, 6) is 0. The molecule has 0 aliphatic heterocycles. The van der Waals surface area contributed by atoms with Crippen molar-refractivity contribution in [3.63, 3.8) is 0 Å². The predicted octanol–water partition coefficient (Wildman–Crippen LogP) is 10.3. The van der Waals surface area contributed by atoms with Crippen molar-refractivity contribution in [1.82, 2.24) is 0 Å². The zero-order chi connectivity index (χ0) is 30.0. The summed E-state index contributed by atoms with van der Waals surface area (Å²) in [6.07, 6.45) is 0. The van der Waals surface area contributed by atoms with Crippen LogP contribution in [-0.4, -0.2) is 47.9 Å². The number of hydrogen-bond acceptors (Lipinski definition) is 0. The van der Waals surface area contributed by atoms with Crippen LogP contribution in [0.5, 0.6) is 0 Å². The number of hydrogen-bond donors (Lipinski definition) is 0. The molecule has 0 amide bonds. The standard InChI is InChI=1S/3C8H18N.C5H4F3Ge.Zr/c3*1-7(2,3)9-8(4,5)6;6-9(7,8)5-3-1-2-4-5;/h3*1-6H3;1-4H;/q4*-1;+4. The van der Waals surface area contributed by atoms with E-state index in [1.54, 1.807) is 0 Å². The van der Waals surface area contributed by atoms with Gasteiger partial charge in [-0.3, -0.25) is 0 Å². The van der Waals surface area contributed by atoms with E-state index in [2.05, 4.69) is 141 Å². The van der Waals surface area contributed by atoms with E-state index in [0.717, 1.165) is 12.1 Å². The summed E-state index contributed by atoms with van der Waals surface area (Å²) in [4.78, 5) is 0. The van der Waals surface area contributed by atoms with Crippen molar-refractivity contribution < 1.29 is 36.7 Å². The third kappa shape index (κ3) is 43.7. The second-order valence-electron chi connectivity index (χ2n) is 15.0. The smallest absolute Gasteiger partial charge is 4.00 e. The zero-order valence-electron chi connectivity index (χ0n) is 27.3. The molecule has 0 unspecified atom stereocenters. The molecule has 0 fully saturated rings. The fraction of sp³-hybridized carbons (Fsp3) is 0.828. The summed E-state index contributed by atoms with van der Waals surface area (Å²) in [7, 11) is 0. The molecule has 37 heavy (non-hydrogen) atoms. The Balaban J connectivity index is -0.000000194. The molecule has 0 spiro atoms. The van der Waals surface area contributed by atoms with E-state index in [1.165, 1.54) is 12.1 Å². The van der Waals surface area contributed by atoms with Gasteiger partial charge in [-0.2, -0.15) is 0 Å². The summed E-state index contributed by atoms with van der Waals surface area (Å²) in [6.45, 7) is 38.2. The Kier molecular flexibility index (Phi) is 20.0. The van der Waals surface area contributed by atoms with Crippen LogP contribution in [0.1, 0.15) is 125 Å². The van der Waals surface area contributed by atoms with Crippen molar-refractivity contribution in [1.29, 1.82) is 0 Å². The molecule has 0 aromatic heterocycles. The van der Waals surface area contributed by atoms with E-state index in [-0.39, 0.29) is 59.4 Å². The van der Waals surface area contributed by atoms with Crippen LogP contribution in [0.3, 0.4) is 0 Å². The largest absolute Gasteiger partial charge is 4.00 e. The molecule has 0 heterocycles. The summed E-state index contributed by atoms with van der Waals surface area (Å²) in [5, 5.41) is 13.6. The first-order valence-electron chi connectivity index (χ1n) is 12.7. The van der Waals surface area contributed by atoms with Crippen LogP contribution in [0.4, 0.5) is 10.5 Å². The Morgan fingerprint density at radius 2 is 0.595 bits per heavy atom. The van der Waals surface area contributed by atoms with Crippen molar-refractivity contribution in [2.45, 2.75) is 158 Å². The van der Waals surface area contributed by atoms with Gasteiger partial charge in [-0.25, -0.2) is 0 Å². The van der Waals surface area contributed by atoms with Crippen LogP contribution in [0, 0.1) is 0 Å². The maximum atomic E-state index is 11.8. The van der Waals surface area contributed by atoms with Gasteiger partial charge in [0.25, 0.3) is 0 Å². The van der Waals surface area contributed by atoms with Gasteiger partial charge >= 0.3 is 80.0 Å². The fourth-order valence-electron chi connectivity index (χ4n) is 3.58. The summed E-state index contributed by atoms with van der Waals surface area (Å²) >= 11 is -5.94. The normalized spacial score (nSPS) is 13.1. The molecule has 0 N–H and O–H groups in total. The molecule has 0 aliphatic rings. The average molecular weight is 670 g/mol. The second kappa shape index (κ2) is 16.6. The Morgan fingerprint density at radius 1 is 0.432 bits per heavy atom. The van der Waals surface area contributed by atoms with Gasteiger partial charge in [0.15, 0.2) is 0 Å². The minimum absolute atomic E-state index is 0. The fourth-order valence-corrected chi connectivity index (χ4v) is 4.78. The summed E-state index contributed by atoms with van der Waals surface area (Å²) in [6, 6.07) is 5.07. The number of rotatable bonds is 1. The van der Waals surface area contributed by atoms with Gasteiger partial charge in [0.1, 0.15) is 0 Å². The van der Waals surface area contributed by atoms with Gasteiger partial charge in [-0.05, 0) is 0 Å². The summed E-state index contributed by atoms with van der Waals surface area (Å²) < 4.78 is 35.0. The molecule has 0 atom stereocenters. The van der Waals surface area contributed by atoms with Crippen molar-refractivity contribution in [3.05, 3.63) is 40.2 Å². The monoisotopic (exact) mass is 669 g/mol. The molecular formula is C29H58F3GeN3Zr. The first kappa shape index (κ1) is 44.5. The molecule has 1 aromatic carbocycles. The molecule has 0 bridgehead atoms. The van der Waals surface area contributed by atoms with Gasteiger partial charge in [0.2, 0.25) is 0 Å². The van der Waals surface area contributed by atoms with Crippen molar-refractivity contribution in [2.75, 3.05) is 0 Å². The van der Waals surface area contributed by atoms with Gasteiger partial charge in [-0.15, -0.1) is 33.2 Å². The van der Waals surface area contributed by atoms with Crippen molar-refractivity contribution >= 4 is 19.1 Å². The van der Waals surface area contributed by atoms with Crippen LogP contribution in [-0.2, 0) is 26.2 Å². The molecule has 218 valence electrons. The molecule has 0 aliphatic carbocycles. The second-order valence-corrected chi connectivity index (χ2v) is 18.3. The van der Waals surface area contributed by atoms with E-state index < -0.39 is 19.1 Å². The quantitative estimate of drug-likeness (QED) is 0.211. The van der Waals surface area contributed by atoms with Crippen molar-refractivity contribution in [3.8, 4) is 0 Å². The molecule has 0 saturated carbocycles. The van der Waals surface area contributed by atoms with Gasteiger partial charge in [-0.1, -0.05) is 125 Å². The Morgan fingerprint density at radius 3 is 0.649 bits per heavy atom. The Hall–Kier alpha value is 0.446. The average Bonchev–Trinajstić information content (AvgIpc) is 2.89. The Labute approximate surface area is 252 Å². The first-order chi connectivity index (χ1) is 15.2. The maximum Gasteiger partial charge on any atom is 4.00 e. The van der Waals surface area contributed by atoms with Crippen LogP contribution in [0.15, 0.2) is 24.3 Å². The predicted molar refractivity (Wildman–Crippen MR) is 159 cm³/mol. The number of halogens is 3. The third-order valence-electron chi connectivity index (χ3n) is 3.00. The van der Waals surface area contributed by atoms with E-state index >= 15 is 0 Å². The molecule has 3 nitrogen and oxygen atoms in total. The van der Waals surface area contributed by atoms with Gasteiger partial charge < -0.3 is 16.0 Å². The molecule has 1 aromatic rings. The van der Waals surface area contributed by atoms with Crippen molar-refractivity contribution in [2.24, 2.45) is 0 Å². The SMILES string of the molecule is CC(C)(C)[N-]C(C)(C)C.CC(C)(C)[N-]C(C)(C)C.CC(C)(C)[N-]C(C)(C)C.[F][Ge]([F])([F])[c-]1cccc1.[Zr+4]. The molecule has 0 saturated heterocycles. The minimum Gasteiger partial charge on any atom is 4.00 e. The van der Waals surface area contributed by atoms with Crippen LogP contribution in [0.2, 0.25) is 0 Å². The van der Waals surface area contributed by atoms with Crippen LogP contribution < -0.4 is 4.40 Å². The van der Waals surface area contributed by atoms with Crippen LogP contribution in [0.25, 0.3) is 16.0 Å². The molecular weight excluding hydrogens is 611 g/mol. The van der Waals surface area contributed by atoms with E-state index in [1.807, 2.05) is 0 Å². The topological polar surface area (TPSA) is 42.3 Å². The molecule has 1 rings (SSSR count). The minimum atomic E-state index is -5.94. The molecule has 0 radical (unpaired) electrons. The third-order valence-corrected chi connectivity index (χ3v) is 5.08. The number of nitrogens with zero attached hydrogens (tertiary/aromatic N) is 3. The molecule has 8 heteroatoms. The summed E-state index contributed by atoms with van der Waals surface area (Å²) in [5.41, 5.74) is 0.656. The van der Waals surface area contributed by atoms with E-state index in [0.29, 0.717) is 0 Å². The van der Waals surface area contributed by atoms with Gasteiger partial charge in [0.05, 0.1) is 0 Å². The zero-order valence-corrected chi connectivity index (χ0v) is 31.8.